The summed E-state index contributed by atoms with van der Waals surface area (Å²) in [4.78, 5) is -0.0602. The van der Waals surface area contributed by atoms with Gasteiger partial charge in [-0.05, 0) is 31.0 Å². The quantitative estimate of drug-likeness (QED) is 0.842. The van der Waals surface area contributed by atoms with Crippen LogP contribution in [0.15, 0.2) is 35.5 Å². The highest BCUT2D eigenvalue weighted by Gasteiger charge is 2.30. The predicted molar refractivity (Wildman–Crippen MR) is 80.0 cm³/mol. The van der Waals surface area contributed by atoms with Crippen LogP contribution in [0.5, 0.6) is 5.75 Å². The Hall–Kier alpha value is -2.00. The smallest absolute Gasteiger partial charge is 0.243 e. The first-order chi connectivity index (χ1) is 11.0. The Morgan fingerprint density at radius 2 is 2.04 bits per heavy atom. The zero-order chi connectivity index (χ0) is 16.4. The minimum Gasteiger partial charge on any atom is -0.494 e. The molecule has 2 aromatic rings. The molecule has 124 valence electrons. The van der Waals surface area contributed by atoms with Crippen LogP contribution in [0.3, 0.4) is 0 Å². The van der Waals surface area contributed by atoms with Gasteiger partial charge < -0.3 is 4.74 Å². The second-order valence-electron chi connectivity index (χ2n) is 5.31. The standard InChI is InChI=1S/C14H17FN4O3S/c1-22-14-3-2-12(10-13(14)15)23(20,21)18-7-4-11(5-8-18)19-9-6-16-17-19/h2-3,6,9-11H,4-5,7-8H2,1H3. The van der Waals surface area contributed by atoms with E-state index in [1.165, 1.54) is 23.5 Å². The molecule has 1 aromatic heterocycles. The number of aromatic nitrogens is 3. The van der Waals surface area contributed by atoms with E-state index in [0.29, 0.717) is 25.9 Å². The second-order valence-corrected chi connectivity index (χ2v) is 7.25. The number of benzene rings is 1. The molecular weight excluding hydrogens is 323 g/mol. The van der Waals surface area contributed by atoms with Gasteiger partial charge >= 0.3 is 0 Å². The Morgan fingerprint density at radius 1 is 1.30 bits per heavy atom. The van der Waals surface area contributed by atoms with E-state index in [1.54, 1.807) is 17.1 Å². The molecule has 1 saturated heterocycles. The van der Waals surface area contributed by atoms with E-state index in [4.69, 9.17) is 4.74 Å². The van der Waals surface area contributed by atoms with Crippen LogP contribution in [0.1, 0.15) is 18.9 Å². The third-order valence-electron chi connectivity index (χ3n) is 4.00. The first-order valence-corrected chi connectivity index (χ1v) is 8.66. The Labute approximate surface area is 133 Å². The van der Waals surface area contributed by atoms with Crippen LogP contribution < -0.4 is 4.74 Å². The third-order valence-corrected chi connectivity index (χ3v) is 5.89. The Bertz CT molecular complexity index is 771. The van der Waals surface area contributed by atoms with Crippen molar-refractivity contribution in [1.29, 1.82) is 0 Å². The minimum absolute atomic E-state index is 0.0221. The Kier molecular flexibility index (Phi) is 4.31. The number of nitrogens with zero attached hydrogens (tertiary/aromatic N) is 4. The zero-order valence-electron chi connectivity index (χ0n) is 12.6. The zero-order valence-corrected chi connectivity index (χ0v) is 13.4. The summed E-state index contributed by atoms with van der Waals surface area (Å²) in [6.45, 7) is 0.723. The van der Waals surface area contributed by atoms with Crippen molar-refractivity contribution in [2.75, 3.05) is 20.2 Å². The lowest BCUT2D eigenvalue weighted by atomic mass is 10.1. The lowest BCUT2D eigenvalue weighted by molar-refractivity contribution is 0.258. The number of ether oxygens (including phenoxy) is 1. The fourth-order valence-corrected chi connectivity index (χ4v) is 4.20. The summed E-state index contributed by atoms with van der Waals surface area (Å²) in [6, 6.07) is 3.82. The highest BCUT2D eigenvalue weighted by molar-refractivity contribution is 7.89. The fraction of sp³-hybridized carbons (Fsp3) is 0.429. The predicted octanol–water partition coefficient (Wildman–Crippen LogP) is 1.45. The van der Waals surface area contributed by atoms with Crippen molar-refractivity contribution in [2.24, 2.45) is 0 Å². The summed E-state index contributed by atoms with van der Waals surface area (Å²) in [5.41, 5.74) is 0. The molecule has 9 heteroatoms. The summed E-state index contributed by atoms with van der Waals surface area (Å²) >= 11 is 0. The van der Waals surface area contributed by atoms with Crippen molar-refractivity contribution in [1.82, 2.24) is 19.3 Å². The molecular formula is C14H17FN4O3S. The fourth-order valence-electron chi connectivity index (χ4n) is 2.72. The third kappa shape index (κ3) is 3.06. The van der Waals surface area contributed by atoms with Crippen molar-refractivity contribution in [3.8, 4) is 5.75 Å². The van der Waals surface area contributed by atoms with Crippen molar-refractivity contribution in [3.63, 3.8) is 0 Å². The molecule has 0 saturated carbocycles. The number of halogens is 1. The average molecular weight is 340 g/mol. The maximum atomic E-state index is 13.8. The van der Waals surface area contributed by atoms with E-state index in [2.05, 4.69) is 10.3 Å². The average Bonchev–Trinajstić information content (AvgIpc) is 3.09. The molecule has 23 heavy (non-hydrogen) atoms. The van der Waals surface area contributed by atoms with E-state index < -0.39 is 15.8 Å². The number of sulfonamides is 1. The van der Waals surface area contributed by atoms with E-state index >= 15 is 0 Å². The number of rotatable bonds is 4. The van der Waals surface area contributed by atoms with Crippen LogP contribution in [0.4, 0.5) is 4.39 Å². The number of methoxy groups -OCH3 is 1. The molecule has 0 bridgehead atoms. The minimum atomic E-state index is -3.71. The number of hydrogen-bond donors (Lipinski definition) is 0. The van der Waals surface area contributed by atoms with E-state index in [0.717, 1.165) is 6.07 Å². The summed E-state index contributed by atoms with van der Waals surface area (Å²) in [7, 11) is -2.37. The lowest BCUT2D eigenvalue weighted by Crippen LogP contribution is -2.39. The highest BCUT2D eigenvalue weighted by Crippen LogP contribution is 2.28. The maximum Gasteiger partial charge on any atom is 0.243 e. The SMILES string of the molecule is COc1ccc(S(=O)(=O)N2CCC(n3ccnn3)CC2)cc1F. The van der Waals surface area contributed by atoms with Gasteiger partial charge in [-0.1, -0.05) is 5.21 Å². The van der Waals surface area contributed by atoms with Gasteiger partial charge in [-0.3, -0.25) is 0 Å². The van der Waals surface area contributed by atoms with Gasteiger partial charge in [0.05, 0.1) is 24.2 Å². The van der Waals surface area contributed by atoms with Gasteiger partial charge in [0.15, 0.2) is 11.6 Å². The van der Waals surface area contributed by atoms with Gasteiger partial charge in [-0.25, -0.2) is 17.5 Å². The maximum absolute atomic E-state index is 13.8. The largest absolute Gasteiger partial charge is 0.494 e. The molecule has 0 atom stereocenters. The highest BCUT2D eigenvalue weighted by atomic mass is 32.2. The lowest BCUT2D eigenvalue weighted by Gasteiger charge is -2.31. The molecule has 0 unspecified atom stereocenters. The van der Waals surface area contributed by atoms with Crippen LogP contribution in [0, 0.1) is 5.82 Å². The molecule has 0 amide bonds. The van der Waals surface area contributed by atoms with E-state index in [-0.39, 0.29) is 16.7 Å². The van der Waals surface area contributed by atoms with Crippen molar-refractivity contribution in [2.45, 2.75) is 23.8 Å². The van der Waals surface area contributed by atoms with Gasteiger partial charge in [0, 0.05) is 19.3 Å². The molecule has 0 radical (unpaired) electrons. The molecule has 1 fully saturated rings. The Morgan fingerprint density at radius 3 is 2.61 bits per heavy atom. The molecule has 0 spiro atoms. The molecule has 0 aliphatic carbocycles. The topological polar surface area (TPSA) is 77.3 Å². The summed E-state index contributed by atoms with van der Waals surface area (Å²) in [6.07, 6.45) is 4.65. The van der Waals surface area contributed by atoms with Crippen LogP contribution in [-0.2, 0) is 10.0 Å². The first-order valence-electron chi connectivity index (χ1n) is 7.22. The van der Waals surface area contributed by atoms with Crippen LogP contribution >= 0.6 is 0 Å². The molecule has 0 N–H and O–H groups in total. The summed E-state index contributed by atoms with van der Waals surface area (Å²) in [5, 5.41) is 7.72. The molecule has 2 heterocycles. The van der Waals surface area contributed by atoms with Gasteiger partial charge in [-0.15, -0.1) is 5.10 Å². The normalized spacial score (nSPS) is 17.3. The molecule has 1 aliphatic rings. The van der Waals surface area contributed by atoms with Crippen molar-refractivity contribution in [3.05, 3.63) is 36.4 Å². The van der Waals surface area contributed by atoms with Crippen LogP contribution in [-0.4, -0.2) is 47.9 Å². The number of hydrogen-bond acceptors (Lipinski definition) is 5. The summed E-state index contributed by atoms with van der Waals surface area (Å²) in [5.74, 6) is -0.667. The molecule has 1 aliphatic heterocycles. The first kappa shape index (κ1) is 15.9. The van der Waals surface area contributed by atoms with Gasteiger partial charge in [-0.2, -0.15) is 4.31 Å². The molecule has 1 aromatic carbocycles. The van der Waals surface area contributed by atoms with Gasteiger partial charge in [0.1, 0.15) is 0 Å². The monoisotopic (exact) mass is 340 g/mol. The molecule has 3 rings (SSSR count). The van der Waals surface area contributed by atoms with Crippen molar-refractivity contribution < 1.29 is 17.5 Å². The van der Waals surface area contributed by atoms with Crippen LogP contribution in [0.25, 0.3) is 0 Å². The van der Waals surface area contributed by atoms with Crippen molar-refractivity contribution >= 4 is 10.0 Å². The summed E-state index contributed by atoms with van der Waals surface area (Å²) < 4.78 is 46.9. The van der Waals surface area contributed by atoms with Gasteiger partial charge in [0.25, 0.3) is 0 Å². The molecule has 7 nitrogen and oxygen atoms in total. The number of piperidine rings is 1. The van der Waals surface area contributed by atoms with Crippen LogP contribution in [0.2, 0.25) is 0 Å². The second kappa shape index (κ2) is 6.25. The van der Waals surface area contributed by atoms with E-state index in [1.807, 2.05) is 0 Å². The van der Waals surface area contributed by atoms with Gasteiger partial charge in [0.2, 0.25) is 10.0 Å². The van der Waals surface area contributed by atoms with E-state index in [9.17, 15) is 12.8 Å². The Balaban J connectivity index is 1.75.